The molecule has 0 aromatic rings. The predicted molar refractivity (Wildman–Crippen MR) is 258 cm³/mol. The summed E-state index contributed by atoms with van der Waals surface area (Å²) in [6.45, 7) is 4.65. The van der Waals surface area contributed by atoms with Gasteiger partial charge in [-0.25, -0.2) is 4.57 Å². The summed E-state index contributed by atoms with van der Waals surface area (Å²) in [5.74, 6) is -0.211. The summed E-state index contributed by atoms with van der Waals surface area (Å²) in [6.07, 6.45) is 57.0. The Morgan fingerprint density at radius 2 is 1.02 bits per heavy atom. The molecule has 0 spiro atoms. The van der Waals surface area contributed by atoms with Crippen molar-refractivity contribution >= 4 is 13.7 Å². The first-order chi connectivity index (χ1) is 29.0. The summed E-state index contributed by atoms with van der Waals surface area (Å²) in [5.41, 5.74) is 0. The number of phosphoric acid groups is 1. The van der Waals surface area contributed by atoms with Crippen LogP contribution in [0.5, 0.6) is 0 Å². The topological polar surface area (TPSA) is 105 Å². The Morgan fingerprint density at radius 3 is 1.53 bits per heavy atom. The van der Waals surface area contributed by atoms with Crippen molar-refractivity contribution < 1.29 is 32.9 Å². The van der Waals surface area contributed by atoms with Gasteiger partial charge in [-0.05, 0) is 77.0 Å². The third kappa shape index (κ3) is 44.0. The van der Waals surface area contributed by atoms with Crippen LogP contribution in [0.4, 0.5) is 0 Å². The highest BCUT2D eigenvalue weighted by Crippen LogP contribution is 2.43. The summed E-state index contributed by atoms with van der Waals surface area (Å²) in [7, 11) is 1.52. The molecule has 0 fully saturated rings. The fourth-order valence-corrected chi connectivity index (χ4v) is 7.29. The van der Waals surface area contributed by atoms with Crippen LogP contribution in [0.15, 0.2) is 72.9 Å². The number of nitrogens with zero attached hydrogens (tertiary/aromatic N) is 1. The van der Waals surface area contributed by atoms with Gasteiger partial charge in [0, 0.05) is 6.42 Å². The number of nitrogens with one attached hydrogen (secondary N) is 1. The van der Waals surface area contributed by atoms with Crippen molar-refractivity contribution in [1.82, 2.24) is 5.32 Å². The molecular formula is C51H94N2O6P+. The van der Waals surface area contributed by atoms with Gasteiger partial charge in [0.2, 0.25) is 5.91 Å². The first kappa shape index (κ1) is 57.9. The quantitative estimate of drug-likeness (QED) is 0.0244. The molecule has 0 saturated carbocycles. The van der Waals surface area contributed by atoms with E-state index in [1.807, 2.05) is 27.2 Å². The van der Waals surface area contributed by atoms with Crippen molar-refractivity contribution in [2.45, 2.75) is 206 Å². The van der Waals surface area contributed by atoms with Crippen LogP contribution in [-0.2, 0) is 18.4 Å². The molecule has 3 unspecified atom stereocenters. The van der Waals surface area contributed by atoms with Crippen LogP contribution in [0.1, 0.15) is 194 Å². The number of unbranched alkanes of at least 4 members (excludes halogenated alkanes) is 20. The summed E-state index contributed by atoms with van der Waals surface area (Å²) in [6, 6.07) is -0.882. The van der Waals surface area contributed by atoms with Gasteiger partial charge in [-0.15, -0.1) is 0 Å². The summed E-state index contributed by atoms with van der Waals surface area (Å²) >= 11 is 0. The number of hydrogen-bond acceptors (Lipinski definition) is 5. The largest absolute Gasteiger partial charge is 0.472 e. The molecular weight excluding hydrogens is 768 g/mol. The van der Waals surface area contributed by atoms with Crippen LogP contribution < -0.4 is 5.32 Å². The van der Waals surface area contributed by atoms with Crippen LogP contribution in [0.3, 0.4) is 0 Å². The zero-order valence-electron chi connectivity index (χ0n) is 39.4. The normalized spacial score (nSPS) is 14.8. The Hall–Kier alpha value is -2.06. The van der Waals surface area contributed by atoms with Gasteiger partial charge >= 0.3 is 7.82 Å². The van der Waals surface area contributed by atoms with Gasteiger partial charge in [0.05, 0.1) is 39.9 Å². The number of rotatable bonds is 43. The van der Waals surface area contributed by atoms with E-state index < -0.39 is 20.0 Å². The minimum atomic E-state index is -4.36. The second-order valence-electron chi connectivity index (χ2n) is 17.4. The van der Waals surface area contributed by atoms with Crippen LogP contribution in [0.25, 0.3) is 0 Å². The van der Waals surface area contributed by atoms with E-state index in [4.69, 9.17) is 9.05 Å². The molecule has 60 heavy (non-hydrogen) atoms. The zero-order chi connectivity index (χ0) is 44.3. The predicted octanol–water partition coefficient (Wildman–Crippen LogP) is 14.0. The Bertz CT molecular complexity index is 1200. The maximum absolute atomic E-state index is 12.9. The lowest BCUT2D eigenvalue weighted by molar-refractivity contribution is -0.870. The SMILES string of the molecule is CC/C=C\C/C=C\C/C=C\CCCCCCCC(=O)NC(COP(=O)(O)OCC[N+](C)(C)C)C(O)/C=C/CC/C=C/CC/C=C/CCCCCCCCCCCCCCC. The minimum Gasteiger partial charge on any atom is -0.387 e. The summed E-state index contributed by atoms with van der Waals surface area (Å²) in [5, 5.41) is 13.8. The number of quaternary nitrogens is 1. The first-order valence-electron chi connectivity index (χ1n) is 24.3. The number of allylic oxidation sites excluding steroid dienone is 11. The molecule has 3 N–H and O–H groups in total. The average Bonchev–Trinajstić information content (AvgIpc) is 3.20. The van der Waals surface area contributed by atoms with E-state index in [9.17, 15) is 19.4 Å². The number of amides is 1. The second kappa shape index (κ2) is 42.3. The Morgan fingerprint density at radius 1 is 0.583 bits per heavy atom. The minimum absolute atomic E-state index is 0.0465. The number of hydrogen-bond donors (Lipinski definition) is 3. The number of likely N-dealkylation sites (N-methyl/N-ethyl adjacent to an activating group) is 1. The molecule has 0 aromatic carbocycles. The molecule has 3 atom stereocenters. The average molecular weight is 862 g/mol. The van der Waals surface area contributed by atoms with Gasteiger partial charge in [-0.3, -0.25) is 13.8 Å². The molecule has 0 rings (SSSR count). The molecule has 8 nitrogen and oxygen atoms in total. The fraction of sp³-hybridized carbons (Fsp3) is 0.745. The van der Waals surface area contributed by atoms with Crippen molar-refractivity contribution in [2.75, 3.05) is 40.9 Å². The van der Waals surface area contributed by atoms with Crippen LogP contribution in [-0.4, -0.2) is 73.4 Å². The van der Waals surface area contributed by atoms with Crippen molar-refractivity contribution in [3.05, 3.63) is 72.9 Å². The van der Waals surface area contributed by atoms with Gasteiger partial charge in [0.1, 0.15) is 13.2 Å². The Labute approximate surface area is 370 Å². The molecule has 348 valence electrons. The van der Waals surface area contributed by atoms with Crippen LogP contribution in [0, 0.1) is 0 Å². The van der Waals surface area contributed by atoms with Gasteiger partial charge in [0.15, 0.2) is 0 Å². The standard InChI is InChI=1S/C51H93N2O6P/c1-6-8-10-12-14-16-18-20-22-23-24-25-26-27-28-29-31-32-34-36-38-40-42-44-50(54)49(48-59-60(56,57)58-47-46-53(3,4)5)52-51(55)45-43-41-39-37-35-33-30-21-19-17-15-13-11-9-7-2/h9,11,15,17,21,28-30,34,36,42,44,49-50,54H,6-8,10,12-14,16,18-20,22-27,31-33,35,37-41,43,45-48H2,1-5H3,(H-,52,55,56,57)/p+1/b11-9-,17-15-,29-28+,30-21-,36-34+,44-42+. The number of carbonyl (C=O) groups excluding carboxylic acids is 1. The fourth-order valence-electron chi connectivity index (χ4n) is 6.56. The van der Waals surface area contributed by atoms with Gasteiger partial charge in [-0.2, -0.15) is 0 Å². The lowest BCUT2D eigenvalue weighted by atomic mass is 10.0. The lowest BCUT2D eigenvalue weighted by Crippen LogP contribution is -2.45. The molecule has 0 aromatic heterocycles. The molecule has 0 aliphatic carbocycles. The third-order valence-corrected chi connectivity index (χ3v) is 11.4. The van der Waals surface area contributed by atoms with E-state index in [0.717, 1.165) is 83.5 Å². The highest BCUT2D eigenvalue weighted by atomic mass is 31.2. The maximum atomic E-state index is 12.9. The third-order valence-electron chi connectivity index (χ3n) is 10.4. The van der Waals surface area contributed by atoms with Crippen molar-refractivity contribution in [3.63, 3.8) is 0 Å². The highest BCUT2D eigenvalue weighted by molar-refractivity contribution is 7.47. The van der Waals surface area contributed by atoms with Gasteiger partial charge in [-0.1, -0.05) is 183 Å². The van der Waals surface area contributed by atoms with E-state index in [1.54, 1.807) is 6.08 Å². The zero-order valence-corrected chi connectivity index (χ0v) is 40.3. The smallest absolute Gasteiger partial charge is 0.387 e. The van der Waals surface area contributed by atoms with E-state index in [1.165, 1.54) is 89.9 Å². The van der Waals surface area contributed by atoms with Crippen LogP contribution >= 0.6 is 7.82 Å². The molecule has 9 heteroatoms. The maximum Gasteiger partial charge on any atom is 0.472 e. The van der Waals surface area contributed by atoms with E-state index in [-0.39, 0.29) is 19.1 Å². The monoisotopic (exact) mass is 862 g/mol. The molecule has 0 saturated heterocycles. The van der Waals surface area contributed by atoms with Crippen molar-refractivity contribution in [3.8, 4) is 0 Å². The molecule has 0 bridgehead atoms. The van der Waals surface area contributed by atoms with Gasteiger partial charge < -0.3 is 19.8 Å². The lowest BCUT2D eigenvalue weighted by Gasteiger charge is -2.25. The molecule has 0 aliphatic heterocycles. The molecule has 1 amide bonds. The number of phosphoric ester groups is 1. The highest BCUT2D eigenvalue weighted by Gasteiger charge is 2.27. The Balaban J connectivity index is 4.44. The van der Waals surface area contributed by atoms with E-state index in [0.29, 0.717) is 17.4 Å². The number of carbonyl (C=O) groups is 1. The number of aliphatic hydroxyl groups excluding tert-OH is 1. The van der Waals surface area contributed by atoms with Gasteiger partial charge in [0.25, 0.3) is 0 Å². The van der Waals surface area contributed by atoms with E-state index >= 15 is 0 Å². The summed E-state index contributed by atoms with van der Waals surface area (Å²) < 4.78 is 23.6. The van der Waals surface area contributed by atoms with Crippen molar-refractivity contribution in [2.24, 2.45) is 0 Å². The first-order valence-corrected chi connectivity index (χ1v) is 25.8. The Kier molecular flexibility index (Phi) is 40.8. The van der Waals surface area contributed by atoms with E-state index in [2.05, 4.69) is 79.9 Å². The second-order valence-corrected chi connectivity index (χ2v) is 18.9. The molecule has 0 aliphatic rings. The number of aliphatic hydroxyl groups is 1. The molecule has 0 radical (unpaired) electrons. The molecule has 0 heterocycles. The van der Waals surface area contributed by atoms with Crippen LogP contribution in [0.2, 0.25) is 0 Å². The summed E-state index contributed by atoms with van der Waals surface area (Å²) in [4.78, 5) is 23.1. The van der Waals surface area contributed by atoms with Crippen molar-refractivity contribution in [1.29, 1.82) is 0 Å².